The van der Waals surface area contributed by atoms with E-state index in [1.54, 1.807) is 11.8 Å². The third-order valence-corrected chi connectivity index (χ3v) is 4.96. The predicted octanol–water partition coefficient (Wildman–Crippen LogP) is 2.94. The lowest BCUT2D eigenvalue weighted by molar-refractivity contribution is -0.121. The first-order valence-electron chi connectivity index (χ1n) is 7.05. The number of nitrogens with one attached hydrogen (secondary N) is 1. The molecule has 5 heteroatoms. The van der Waals surface area contributed by atoms with E-state index in [0.717, 1.165) is 29.2 Å². The summed E-state index contributed by atoms with van der Waals surface area (Å²) in [5, 5.41) is 2.80. The van der Waals surface area contributed by atoms with Gasteiger partial charge in [0.2, 0.25) is 11.8 Å². The fraction of sp³-hybridized carbons (Fsp3) is 0.375. The molecule has 1 N–H and O–H groups in total. The lowest BCUT2D eigenvalue weighted by Crippen LogP contribution is -2.29. The van der Waals surface area contributed by atoms with Crippen LogP contribution in [0.1, 0.15) is 33.7 Å². The standard InChI is InChI=1S/C16H18N2O2S/c1-10-11(2)20-14(18-10)9-17-16(19)15-13-6-4-3-5-12(13)7-8-21-15/h3-6,15H,7-9H2,1-2H3,(H,17,19). The van der Waals surface area contributed by atoms with Gasteiger partial charge < -0.3 is 9.73 Å². The van der Waals surface area contributed by atoms with Gasteiger partial charge in [-0.05, 0) is 37.1 Å². The van der Waals surface area contributed by atoms with Crippen molar-refractivity contribution in [1.29, 1.82) is 0 Å². The number of fused-ring (bicyclic) bond motifs is 1. The summed E-state index contributed by atoms with van der Waals surface area (Å²) >= 11 is 1.69. The number of rotatable bonds is 3. The van der Waals surface area contributed by atoms with Gasteiger partial charge in [0.15, 0.2) is 0 Å². The molecule has 2 aromatic rings. The number of nitrogens with zero attached hydrogens (tertiary/aromatic N) is 1. The maximum absolute atomic E-state index is 12.4. The monoisotopic (exact) mass is 302 g/mol. The van der Waals surface area contributed by atoms with Gasteiger partial charge in [0, 0.05) is 0 Å². The number of aryl methyl sites for hydroxylation is 3. The maximum atomic E-state index is 12.4. The molecule has 0 saturated carbocycles. The first kappa shape index (κ1) is 14.2. The van der Waals surface area contributed by atoms with Crippen LogP contribution in [0, 0.1) is 13.8 Å². The van der Waals surface area contributed by atoms with Gasteiger partial charge in [0.05, 0.1) is 12.2 Å². The number of aromatic nitrogens is 1. The second-order valence-electron chi connectivity index (χ2n) is 5.17. The fourth-order valence-electron chi connectivity index (χ4n) is 2.48. The Kier molecular flexibility index (Phi) is 4.01. The Bertz CT molecular complexity index is 647. The Hall–Kier alpha value is -1.75. The SMILES string of the molecule is Cc1nc(CNC(=O)C2SCCc3ccccc32)oc1C. The van der Waals surface area contributed by atoms with Crippen molar-refractivity contribution < 1.29 is 9.21 Å². The molecule has 1 aliphatic rings. The number of oxazole rings is 1. The number of thioether (sulfide) groups is 1. The molecule has 3 rings (SSSR count). The topological polar surface area (TPSA) is 55.1 Å². The van der Waals surface area contributed by atoms with Gasteiger partial charge in [-0.2, -0.15) is 0 Å². The van der Waals surface area contributed by atoms with Gasteiger partial charge >= 0.3 is 0 Å². The number of carbonyl (C=O) groups is 1. The van der Waals surface area contributed by atoms with Crippen LogP contribution in [0.25, 0.3) is 0 Å². The van der Waals surface area contributed by atoms with Crippen LogP contribution in [-0.2, 0) is 17.8 Å². The zero-order valence-corrected chi connectivity index (χ0v) is 13.0. The lowest BCUT2D eigenvalue weighted by Gasteiger charge is -2.23. The number of amides is 1. The summed E-state index contributed by atoms with van der Waals surface area (Å²) in [6.45, 7) is 4.12. The Labute approximate surface area is 128 Å². The van der Waals surface area contributed by atoms with Gasteiger partial charge in [-0.1, -0.05) is 24.3 Å². The molecule has 1 aliphatic heterocycles. The van der Waals surface area contributed by atoms with E-state index >= 15 is 0 Å². The van der Waals surface area contributed by atoms with Crippen molar-refractivity contribution in [3.05, 3.63) is 52.7 Å². The van der Waals surface area contributed by atoms with Crippen LogP contribution in [0.3, 0.4) is 0 Å². The number of benzene rings is 1. The van der Waals surface area contributed by atoms with E-state index in [2.05, 4.69) is 16.4 Å². The molecule has 1 aromatic heterocycles. The van der Waals surface area contributed by atoms with Crippen molar-refractivity contribution in [3.8, 4) is 0 Å². The van der Waals surface area contributed by atoms with E-state index in [-0.39, 0.29) is 11.2 Å². The minimum absolute atomic E-state index is 0.0284. The van der Waals surface area contributed by atoms with Crippen molar-refractivity contribution in [2.45, 2.75) is 32.1 Å². The van der Waals surface area contributed by atoms with Crippen molar-refractivity contribution in [2.75, 3.05) is 5.75 Å². The predicted molar refractivity (Wildman–Crippen MR) is 83.2 cm³/mol. The Morgan fingerprint density at radius 3 is 3.00 bits per heavy atom. The Morgan fingerprint density at radius 1 is 1.43 bits per heavy atom. The quantitative estimate of drug-likeness (QED) is 0.947. The highest BCUT2D eigenvalue weighted by Gasteiger charge is 2.26. The van der Waals surface area contributed by atoms with Crippen LogP contribution in [0.5, 0.6) is 0 Å². The third kappa shape index (κ3) is 2.97. The van der Waals surface area contributed by atoms with Crippen LogP contribution in [0.15, 0.2) is 28.7 Å². The minimum atomic E-state index is -0.132. The minimum Gasteiger partial charge on any atom is -0.444 e. The largest absolute Gasteiger partial charge is 0.444 e. The van der Waals surface area contributed by atoms with Crippen LogP contribution < -0.4 is 5.32 Å². The summed E-state index contributed by atoms with van der Waals surface area (Å²) in [4.78, 5) is 16.7. The van der Waals surface area contributed by atoms with E-state index in [9.17, 15) is 4.79 Å². The van der Waals surface area contributed by atoms with Gasteiger partial charge in [0.1, 0.15) is 11.0 Å². The van der Waals surface area contributed by atoms with Crippen LogP contribution in [-0.4, -0.2) is 16.6 Å². The smallest absolute Gasteiger partial charge is 0.238 e. The molecule has 1 aromatic carbocycles. The summed E-state index contributed by atoms with van der Waals surface area (Å²) < 4.78 is 5.49. The summed E-state index contributed by atoms with van der Waals surface area (Å²) in [6, 6.07) is 8.18. The molecule has 0 aliphatic carbocycles. The molecule has 1 amide bonds. The van der Waals surface area contributed by atoms with Crippen molar-refractivity contribution in [2.24, 2.45) is 0 Å². The van der Waals surface area contributed by atoms with Gasteiger partial charge in [-0.15, -0.1) is 11.8 Å². The van der Waals surface area contributed by atoms with E-state index < -0.39 is 0 Å². The number of carbonyl (C=O) groups excluding carboxylic acids is 1. The molecule has 110 valence electrons. The molecular formula is C16H18N2O2S. The second kappa shape index (κ2) is 5.93. The van der Waals surface area contributed by atoms with Gasteiger partial charge in [-0.25, -0.2) is 4.98 Å². The summed E-state index contributed by atoms with van der Waals surface area (Å²) in [5.41, 5.74) is 3.28. The second-order valence-corrected chi connectivity index (χ2v) is 6.38. The molecule has 1 atom stereocenters. The Morgan fingerprint density at radius 2 is 2.24 bits per heavy atom. The molecular weight excluding hydrogens is 284 g/mol. The molecule has 2 heterocycles. The normalized spacial score (nSPS) is 17.3. The molecule has 0 spiro atoms. The highest BCUT2D eigenvalue weighted by Crippen LogP contribution is 2.36. The first-order valence-corrected chi connectivity index (χ1v) is 8.10. The molecule has 0 bridgehead atoms. The third-order valence-electron chi connectivity index (χ3n) is 3.72. The van der Waals surface area contributed by atoms with Crippen molar-refractivity contribution >= 4 is 17.7 Å². The van der Waals surface area contributed by atoms with E-state index in [4.69, 9.17) is 4.42 Å². The summed E-state index contributed by atoms with van der Waals surface area (Å²) in [6.07, 6.45) is 1.03. The molecule has 21 heavy (non-hydrogen) atoms. The van der Waals surface area contributed by atoms with E-state index in [1.807, 2.05) is 32.0 Å². The first-order chi connectivity index (χ1) is 10.1. The van der Waals surface area contributed by atoms with Crippen LogP contribution in [0.2, 0.25) is 0 Å². The highest BCUT2D eigenvalue weighted by molar-refractivity contribution is 8.00. The average Bonchev–Trinajstić information content (AvgIpc) is 2.83. The zero-order valence-electron chi connectivity index (χ0n) is 12.2. The van der Waals surface area contributed by atoms with E-state index in [0.29, 0.717) is 12.4 Å². The molecule has 0 fully saturated rings. The van der Waals surface area contributed by atoms with E-state index in [1.165, 1.54) is 5.56 Å². The number of hydrogen-bond donors (Lipinski definition) is 1. The summed E-state index contributed by atoms with van der Waals surface area (Å²) in [5.74, 6) is 2.37. The summed E-state index contributed by atoms with van der Waals surface area (Å²) in [7, 11) is 0. The molecule has 4 nitrogen and oxygen atoms in total. The van der Waals surface area contributed by atoms with Gasteiger partial charge in [0.25, 0.3) is 0 Å². The number of hydrogen-bond acceptors (Lipinski definition) is 4. The lowest BCUT2D eigenvalue weighted by atomic mass is 10.0. The van der Waals surface area contributed by atoms with Crippen LogP contribution in [0.4, 0.5) is 0 Å². The van der Waals surface area contributed by atoms with Crippen LogP contribution >= 0.6 is 11.8 Å². The van der Waals surface area contributed by atoms with Crippen molar-refractivity contribution in [3.63, 3.8) is 0 Å². The molecule has 0 radical (unpaired) electrons. The fourth-order valence-corrected chi connectivity index (χ4v) is 3.70. The Balaban J connectivity index is 1.69. The molecule has 1 unspecified atom stereocenters. The molecule has 0 saturated heterocycles. The average molecular weight is 302 g/mol. The maximum Gasteiger partial charge on any atom is 0.238 e. The zero-order chi connectivity index (χ0) is 14.8. The van der Waals surface area contributed by atoms with Gasteiger partial charge in [-0.3, -0.25) is 4.79 Å². The highest BCUT2D eigenvalue weighted by atomic mass is 32.2. The van der Waals surface area contributed by atoms with Crippen molar-refractivity contribution in [1.82, 2.24) is 10.3 Å².